The van der Waals surface area contributed by atoms with Crippen molar-refractivity contribution < 1.29 is 0 Å². The Labute approximate surface area is 176 Å². The number of aromatic amines is 1. The molecular weight excluding hydrogens is 372 g/mol. The average molecular weight is 399 g/mol. The molecule has 0 atom stereocenters. The van der Waals surface area contributed by atoms with Gasteiger partial charge in [-0.3, -0.25) is 14.7 Å². The fraction of sp³-hybridized carbons (Fsp3) is 0.250. The van der Waals surface area contributed by atoms with Gasteiger partial charge in [-0.2, -0.15) is 10.2 Å². The highest BCUT2D eigenvalue weighted by atomic mass is 15.2. The van der Waals surface area contributed by atoms with Crippen molar-refractivity contribution in [2.24, 2.45) is 7.05 Å². The Kier molecular flexibility index (Phi) is 5.17. The van der Waals surface area contributed by atoms with Gasteiger partial charge in [-0.25, -0.2) is 0 Å². The van der Waals surface area contributed by atoms with Crippen molar-refractivity contribution in [1.82, 2.24) is 30.2 Å². The number of piperazine rings is 1. The first-order chi connectivity index (χ1) is 14.7. The van der Waals surface area contributed by atoms with Crippen LogP contribution in [0.2, 0.25) is 0 Å². The maximum Gasteiger partial charge on any atom is 0.0927 e. The molecule has 0 radical (unpaired) electrons. The normalized spacial score (nSPS) is 15.4. The van der Waals surface area contributed by atoms with E-state index in [1.54, 1.807) is 4.68 Å². The van der Waals surface area contributed by atoms with Gasteiger partial charge < -0.3 is 5.32 Å². The number of aryl methyl sites for hydroxylation is 1. The highest BCUT2D eigenvalue weighted by molar-refractivity contribution is 5.92. The predicted octanol–water partition coefficient (Wildman–Crippen LogP) is 3.54. The Hall–Kier alpha value is -3.22. The minimum atomic E-state index is 0.936. The Morgan fingerprint density at radius 1 is 1.00 bits per heavy atom. The molecule has 0 bridgehead atoms. The molecule has 1 aliphatic rings. The number of aromatic nitrogens is 4. The Bertz CT molecular complexity index is 1160. The second-order valence-electron chi connectivity index (χ2n) is 7.87. The van der Waals surface area contributed by atoms with Gasteiger partial charge in [0.15, 0.2) is 0 Å². The zero-order valence-electron chi connectivity index (χ0n) is 17.2. The van der Waals surface area contributed by atoms with Crippen LogP contribution in [-0.4, -0.2) is 51.1 Å². The molecule has 30 heavy (non-hydrogen) atoms. The molecule has 0 unspecified atom stereocenters. The van der Waals surface area contributed by atoms with E-state index in [9.17, 15) is 0 Å². The lowest BCUT2D eigenvalue weighted by Crippen LogP contribution is -2.42. The molecule has 1 saturated heterocycles. The lowest BCUT2D eigenvalue weighted by molar-refractivity contribution is 0.233. The molecule has 0 amide bonds. The van der Waals surface area contributed by atoms with Crippen LogP contribution in [-0.2, 0) is 13.6 Å². The fourth-order valence-electron chi connectivity index (χ4n) is 3.97. The number of fused-ring (bicyclic) bond motifs is 1. The van der Waals surface area contributed by atoms with E-state index in [1.165, 1.54) is 16.7 Å². The maximum atomic E-state index is 4.48. The summed E-state index contributed by atoms with van der Waals surface area (Å²) in [6.07, 6.45) is 7.91. The number of hydrogen-bond acceptors (Lipinski definition) is 4. The molecule has 3 heterocycles. The van der Waals surface area contributed by atoms with Crippen molar-refractivity contribution in [3.05, 3.63) is 71.7 Å². The van der Waals surface area contributed by atoms with Crippen molar-refractivity contribution in [2.45, 2.75) is 6.54 Å². The summed E-state index contributed by atoms with van der Waals surface area (Å²) < 4.78 is 1.80. The fourth-order valence-corrected chi connectivity index (χ4v) is 3.97. The van der Waals surface area contributed by atoms with Gasteiger partial charge in [0.05, 0.1) is 17.4 Å². The summed E-state index contributed by atoms with van der Waals surface area (Å²) in [6, 6.07) is 15.4. The van der Waals surface area contributed by atoms with E-state index in [1.807, 2.05) is 31.6 Å². The predicted molar refractivity (Wildman–Crippen MR) is 122 cm³/mol. The van der Waals surface area contributed by atoms with E-state index in [0.717, 1.165) is 54.9 Å². The highest BCUT2D eigenvalue weighted by Crippen LogP contribution is 2.27. The third kappa shape index (κ3) is 4.06. The highest BCUT2D eigenvalue weighted by Gasteiger charge is 2.10. The molecule has 152 valence electrons. The van der Waals surface area contributed by atoms with Gasteiger partial charge in [-0.1, -0.05) is 30.3 Å². The number of nitrogens with one attached hydrogen (secondary N) is 2. The van der Waals surface area contributed by atoms with E-state index < -0.39 is 0 Å². The average Bonchev–Trinajstić information content (AvgIpc) is 3.39. The Morgan fingerprint density at radius 2 is 1.80 bits per heavy atom. The minimum Gasteiger partial charge on any atom is -0.314 e. The quantitative estimate of drug-likeness (QED) is 0.540. The van der Waals surface area contributed by atoms with Crippen LogP contribution in [0.5, 0.6) is 0 Å². The topological polar surface area (TPSA) is 61.8 Å². The molecule has 6 nitrogen and oxygen atoms in total. The van der Waals surface area contributed by atoms with Gasteiger partial charge in [0.25, 0.3) is 0 Å². The molecule has 6 heteroatoms. The summed E-state index contributed by atoms with van der Waals surface area (Å²) in [6.45, 7) is 5.43. The van der Waals surface area contributed by atoms with Crippen molar-refractivity contribution in [1.29, 1.82) is 0 Å². The van der Waals surface area contributed by atoms with Crippen LogP contribution in [0.25, 0.3) is 34.2 Å². The van der Waals surface area contributed by atoms with Crippen molar-refractivity contribution in [2.75, 3.05) is 26.2 Å². The standard InChI is InChI=1S/C24H26N6/c1-29-16-19(15-26-29)4-8-23-22-14-21(7-9-24(22)28-27-23)20-5-2-18(3-6-20)17-30-12-10-25-11-13-30/h2-9,14-16,25H,10-13,17H2,1H3,(H,27,28)/b8-4+. The molecule has 4 aromatic rings. The van der Waals surface area contributed by atoms with Crippen LogP contribution in [0.15, 0.2) is 54.9 Å². The molecule has 0 aliphatic carbocycles. The summed E-state index contributed by atoms with van der Waals surface area (Å²) in [4.78, 5) is 2.50. The largest absolute Gasteiger partial charge is 0.314 e. The van der Waals surface area contributed by atoms with Crippen molar-refractivity contribution in [3.63, 3.8) is 0 Å². The first-order valence-electron chi connectivity index (χ1n) is 10.4. The monoisotopic (exact) mass is 398 g/mol. The number of nitrogens with zero attached hydrogens (tertiary/aromatic N) is 4. The van der Waals surface area contributed by atoms with Gasteiger partial charge in [0.1, 0.15) is 0 Å². The maximum absolute atomic E-state index is 4.48. The zero-order valence-corrected chi connectivity index (χ0v) is 17.2. The Balaban J connectivity index is 1.37. The molecule has 1 fully saturated rings. The van der Waals surface area contributed by atoms with E-state index in [0.29, 0.717) is 0 Å². The van der Waals surface area contributed by atoms with Crippen molar-refractivity contribution in [3.8, 4) is 11.1 Å². The van der Waals surface area contributed by atoms with Crippen LogP contribution in [0, 0.1) is 0 Å². The summed E-state index contributed by atoms with van der Waals surface area (Å²) in [5, 5.41) is 16.4. The van der Waals surface area contributed by atoms with Crippen LogP contribution in [0.1, 0.15) is 16.8 Å². The van der Waals surface area contributed by atoms with Gasteiger partial charge in [0.2, 0.25) is 0 Å². The van der Waals surface area contributed by atoms with Crippen LogP contribution in [0.4, 0.5) is 0 Å². The number of H-pyrrole nitrogens is 1. The summed E-state index contributed by atoms with van der Waals surface area (Å²) in [5.41, 5.74) is 6.83. The third-order valence-corrected chi connectivity index (χ3v) is 5.65. The lowest BCUT2D eigenvalue weighted by Gasteiger charge is -2.27. The van der Waals surface area contributed by atoms with Crippen LogP contribution in [0.3, 0.4) is 0 Å². The SMILES string of the molecule is Cn1cc(/C=C/c2n[nH]c3ccc(-c4ccc(CN5CCNCC5)cc4)cc23)cn1. The van der Waals surface area contributed by atoms with Gasteiger partial charge in [-0.05, 0) is 41.0 Å². The summed E-state index contributed by atoms with van der Waals surface area (Å²) in [5.74, 6) is 0. The molecular formula is C24H26N6. The second-order valence-corrected chi connectivity index (χ2v) is 7.87. The summed E-state index contributed by atoms with van der Waals surface area (Å²) in [7, 11) is 1.92. The van der Waals surface area contributed by atoms with Crippen LogP contribution >= 0.6 is 0 Å². The molecule has 2 N–H and O–H groups in total. The van der Waals surface area contributed by atoms with E-state index >= 15 is 0 Å². The lowest BCUT2D eigenvalue weighted by atomic mass is 10.0. The zero-order chi connectivity index (χ0) is 20.3. The number of hydrogen-bond donors (Lipinski definition) is 2. The summed E-state index contributed by atoms with van der Waals surface area (Å²) >= 11 is 0. The molecule has 5 rings (SSSR count). The van der Waals surface area contributed by atoms with Gasteiger partial charge in [-0.15, -0.1) is 0 Å². The third-order valence-electron chi connectivity index (χ3n) is 5.65. The first kappa shape index (κ1) is 18.8. The smallest absolute Gasteiger partial charge is 0.0927 e. The number of benzene rings is 2. The molecule has 1 aliphatic heterocycles. The van der Waals surface area contributed by atoms with Gasteiger partial charge >= 0.3 is 0 Å². The molecule has 2 aromatic carbocycles. The first-order valence-corrected chi connectivity index (χ1v) is 10.4. The minimum absolute atomic E-state index is 0.936. The van der Waals surface area contributed by atoms with Gasteiger partial charge in [0, 0.05) is 56.9 Å². The van der Waals surface area contributed by atoms with Crippen LogP contribution < -0.4 is 5.32 Å². The Morgan fingerprint density at radius 3 is 2.57 bits per heavy atom. The molecule has 0 saturated carbocycles. The number of rotatable bonds is 5. The van der Waals surface area contributed by atoms with E-state index in [4.69, 9.17) is 0 Å². The molecule has 0 spiro atoms. The second kappa shape index (κ2) is 8.26. The van der Waals surface area contributed by atoms with E-state index in [-0.39, 0.29) is 0 Å². The van der Waals surface area contributed by atoms with Crippen molar-refractivity contribution >= 4 is 23.1 Å². The molecule has 2 aromatic heterocycles. The van der Waals surface area contributed by atoms with E-state index in [2.05, 4.69) is 68.0 Å².